The molecule has 3 amide bonds. The Labute approximate surface area is 502 Å². The highest BCUT2D eigenvalue weighted by molar-refractivity contribution is 7.80. The largest absolute Gasteiger partial charge is 0.477 e. The van der Waals surface area contributed by atoms with Crippen molar-refractivity contribution in [3.8, 4) is 0 Å². The second-order valence-corrected chi connectivity index (χ2v) is 20.8. The van der Waals surface area contributed by atoms with E-state index in [0.717, 1.165) is 43.6 Å². The summed E-state index contributed by atoms with van der Waals surface area (Å²) in [5.41, 5.74) is 24.5. The summed E-state index contributed by atoms with van der Waals surface area (Å²) >= 11 is 35.8. The quantitative estimate of drug-likeness (QED) is 0.0209. The van der Waals surface area contributed by atoms with Crippen LogP contribution < -0.4 is 28.3 Å². The Morgan fingerprint density at radius 1 is 0.738 bits per heavy atom. The average molecular weight is 1250 g/mol. The number of hydrazone groups is 2. The van der Waals surface area contributed by atoms with Gasteiger partial charge < -0.3 is 37.9 Å². The van der Waals surface area contributed by atoms with Gasteiger partial charge in [-0.15, -0.1) is 34.3 Å². The van der Waals surface area contributed by atoms with Gasteiger partial charge in [-0.1, -0.05) is 95.4 Å². The van der Waals surface area contributed by atoms with Gasteiger partial charge in [0.05, 0.1) is 5.38 Å². The van der Waals surface area contributed by atoms with E-state index in [1.165, 1.54) is 46.4 Å². The van der Waals surface area contributed by atoms with Crippen LogP contribution in [0.4, 0.5) is 16.0 Å². The summed E-state index contributed by atoms with van der Waals surface area (Å²) in [7, 11) is 2.99. The first-order valence-corrected chi connectivity index (χ1v) is 27.4. The van der Waals surface area contributed by atoms with Crippen LogP contribution in [0.5, 0.6) is 0 Å². The SMILES string of the molecule is C=CC=O.CCO.CN1N=C(C(=O)Nc2ncc(Cc3cccc(Cl)c3)s2)CCC1=O.CN1N=C(C(=O)O)CCC1=O.NC(N)=S.Nc1cccc(Cl)c1.Nc1ncc(Cc2cccc(Cl)c2)s1.O=CC(Cl)Cc1cccc(Cl)c1. The normalized spacial score (nSPS) is 12.2. The Balaban J connectivity index is 0.000000497. The number of carbonyl (C=O) groups is 6. The molecule has 2 aliphatic rings. The molecule has 1 unspecified atom stereocenters. The second-order valence-electron chi connectivity index (χ2n) is 15.7. The Kier molecular flexibility index (Phi) is 35.9. The molecule has 6 aromatic rings. The number of carbonyl (C=O) groups excluding carboxylic acids is 5. The number of thiocarbonyl (C=S) groups is 1. The number of allylic oxidation sites excluding steroid dienone is 1. The van der Waals surface area contributed by atoms with Gasteiger partial charge in [0.1, 0.15) is 24.0 Å². The molecule has 4 aromatic carbocycles. The van der Waals surface area contributed by atoms with Crippen molar-refractivity contribution in [2.45, 2.75) is 57.2 Å². The zero-order valence-electron chi connectivity index (χ0n) is 43.5. The molecule has 8 rings (SSSR count). The number of aliphatic hydroxyl groups is 1. The summed E-state index contributed by atoms with van der Waals surface area (Å²) in [5.74, 6) is -1.61. The van der Waals surface area contributed by atoms with E-state index in [-0.39, 0.29) is 48.0 Å². The number of nitrogens with one attached hydrogen (secondary N) is 1. The fourth-order valence-corrected chi connectivity index (χ4v) is 8.39. The van der Waals surface area contributed by atoms with Crippen LogP contribution in [-0.4, -0.2) is 109 Å². The monoisotopic (exact) mass is 1250 g/mol. The highest BCUT2D eigenvalue weighted by Crippen LogP contribution is 2.24. The minimum atomic E-state index is -1.05. The van der Waals surface area contributed by atoms with Gasteiger partial charge in [0, 0.05) is 107 Å². The molecule has 0 saturated heterocycles. The maximum Gasteiger partial charge on any atom is 0.352 e. The topological polar surface area (TPSA) is 316 Å². The zero-order chi connectivity index (χ0) is 60.2. The number of nitrogen functional groups attached to an aromatic ring is 2. The summed E-state index contributed by atoms with van der Waals surface area (Å²) in [6, 6.07) is 29.9. The van der Waals surface area contributed by atoms with Crippen LogP contribution in [0.15, 0.2) is 132 Å². The third-order valence-corrected chi connectivity index (χ3v) is 12.2. The molecule has 0 fully saturated rings. The number of carboxylic acid groups (broad SMARTS) is 1. The highest BCUT2D eigenvalue weighted by atomic mass is 35.5. The Morgan fingerprint density at radius 3 is 1.54 bits per heavy atom. The second kappa shape index (κ2) is 40.3. The first-order valence-electron chi connectivity index (χ1n) is 23.4. The van der Waals surface area contributed by atoms with Crippen LogP contribution in [0.25, 0.3) is 0 Å². The molecule has 2 aromatic heterocycles. The van der Waals surface area contributed by atoms with Gasteiger partial charge in [0.2, 0.25) is 11.8 Å². The van der Waals surface area contributed by atoms with Gasteiger partial charge in [-0.2, -0.15) is 10.2 Å². The van der Waals surface area contributed by atoms with Gasteiger partial charge in [-0.05, 0) is 103 Å². The third-order valence-electron chi connectivity index (χ3n) is 9.22. The molecule has 0 spiro atoms. The van der Waals surface area contributed by atoms with Gasteiger partial charge in [-0.3, -0.25) is 24.5 Å². The number of benzene rings is 4. The number of hydrogen-bond acceptors (Lipinski definition) is 16. The summed E-state index contributed by atoms with van der Waals surface area (Å²) < 4.78 is 0. The van der Waals surface area contributed by atoms with Crippen LogP contribution in [-0.2, 0) is 48.0 Å². The fourth-order valence-electron chi connectivity index (χ4n) is 5.82. The smallest absolute Gasteiger partial charge is 0.352 e. The highest BCUT2D eigenvalue weighted by Gasteiger charge is 2.23. The van der Waals surface area contributed by atoms with E-state index in [1.807, 2.05) is 66.7 Å². The number of nitrogens with zero attached hydrogens (tertiary/aromatic N) is 6. The summed E-state index contributed by atoms with van der Waals surface area (Å²) in [6.07, 6.45) is 9.28. The molecule has 27 heteroatoms. The van der Waals surface area contributed by atoms with Gasteiger partial charge >= 0.3 is 5.97 Å². The Bertz CT molecular complexity index is 2990. The van der Waals surface area contributed by atoms with E-state index in [9.17, 15) is 24.0 Å². The number of hydrogen-bond donors (Lipinski definition) is 7. The summed E-state index contributed by atoms with van der Waals surface area (Å²) in [6.45, 7) is 5.04. The number of nitrogens with two attached hydrogens (primary N) is 4. The molecule has 0 radical (unpaired) electrons. The van der Waals surface area contributed by atoms with Gasteiger partial charge in [-0.25, -0.2) is 24.8 Å². The van der Waals surface area contributed by atoms with Crippen molar-refractivity contribution in [1.29, 1.82) is 0 Å². The number of anilines is 3. The average Bonchev–Trinajstić information content (AvgIpc) is 4.03. The van der Waals surface area contributed by atoms with Gasteiger partial charge in [0.15, 0.2) is 15.4 Å². The van der Waals surface area contributed by atoms with Crippen molar-refractivity contribution in [2.24, 2.45) is 21.7 Å². The van der Waals surface area contributed by atoms with E-state index >= 15 is 0 Å². The molecule has 4 heterocycles. The number of aliphatic hydroxyl groups excluding tert-OH is 1. The van der Waals surface area contributed by atoms with Crippen molar-refractivity contribution in [1.82, 2.24) is 20.0 Å². The molecule has 428 valence electrons. The standard InChI is InChI=1S/C16H15ClN4O2S.C10H9ClN2S.C9H8Cl2O.C6H6ClN.C6H8N2O3.C3H4O.C2H6O.CH4N2S/c1-21-14(22)6-5-13(20-21)15(23)19-16-18-9-12(24-16)8-10-3-2-4-11(17)7-10;11-8-3-1-2-7(4-8)5-9-6-13-10(12)14-9;10-8-3-1-2-7(4-8)5-9(11)6-12;7-5-2-1-3-6(8)4-5;1-8-5(9)3-2-4(7-8)6(10)11;1-2-3-4;1-2-3;2-1(3)4/h2-4,7,9H,5-6,8H2,1H3,(H,18,19,23);1-4,6H,5H2,(H2,12,13);1-4,6,9H,5H2;1-4H,8H2;2-3H2,1H3,(H,10,11);2-3H,1H2;3H,2H2,1H3;(H4,2,3,4). The van der Waals surface area contributed by atoms with E-state index < -0.39 is 11.3 Å². The number of aromatic nitrogens is 2. The molecular weight excluding hydrogens is 1190 g/mol. The van der Waals surface area contributed by atoms with Gasteiger partial charge in [0.25, 0.3) is 5.91 Å². The maximum atomic E-state index is 12.2. The van der Waals surface area contributed by atoms with E-state index in [4.69, 9.17) is 84.5 Å². The molecule has 1 atom stereocenters. The van der Waals surface area contributed by atoms with E-state index in [0.29, 0.717) is 68.7 Å². The predicted molar refractivity (Wildman–Crippen MR) is 329 cm³/mol. The number of aldehydes is 2. The van der Waals surface area contributed by atoms with Crippen LogP contribution in [0.3, 0.4) is 0 Å². The van der Waals surface area contributed by atoms with E-state index in [1.54, 1.807) is 56.7 Å². The first kappa shape index (κ1) is 71.2. The minimum absolute atomic E-state index is 0.000000000000000222. The number of thiazole rings is 2. The molecule has 11 N–H and O–H groups in total. The van der Waals surface area contributed by atoms with Crippen molar-refractivity contribution >= 4 is 162 Å². The summed E-state index contributed by atoms with van der Waals surface area (Å²) in [5, 5.41) is 32.1. The Hall–Kier alpha value is -6.86. The fraction of sp³-hybridized carbons (Fsp3) is 0.226. The Morgan fingerprint density at radius 2 is 1.15 bits per heavy atom. The lowest BCUT2D eigenvalue weighted by Crippen LogP contribution is -2.34. The van der Waals surface area contributed by atoms with E-state index in [2.05, 4.69) is 55.8 Å². The molecule has 2 aliphatic heterocycles. The summed E-state index contributed by atoms with van der Waals surface area (Å²) in [4.78, 5) is 74.4. The molecule has 80 heavy (non-hydrogen) atoms. The lowest BCUT2D eigenvalue weighted by atomic mass is 10.1. The molecular formula is C53H60Cl5N11O8S3. The van der Waals surface area contributed by atoms with Crippen LogP contribution in [0.2, 0.25) is 20.1 Å². The number of halogens is 5. The molecule has 0 bridgehead atoms. The van der Waals surface area contributed by atoms with Crippen LogP contribution in [0.1, 0.15) is 59.1 Å². The van der Waals surface area contributed by atoms with Crippen molar-refractivity contribution < 1.29 is 39.0 Å². The number of alkyl halides is 1. The predicted octanol–water partition coefficient (Wildman–Crippen LogP) is 9.75. The number of rotatable bonds is 11. The minimum Gasteiger partial charge on any atom is -0.477 e. The molecule has 0 aliphatic carbocycles. The lowest BCUT2D eigenvalue weighted by molar-refractivity contribution is -0.132. The maximum absolute atomic E-state index is 12.2. The molecule has 19 nitrogen and oxygen atoms in total. The third kappa shape index (κ3) is 32.3. The number of aliphatic carboxylic acids is 1. The van der Waals surface area contributed by atoms with Crippen molar-refractivity contribution in [3.63, 3.8) is 0 Å². The lowest BCUT2D eigenvalue weighted by Gasteiger charge is -2.18. The van der Waals surface area contributed by atoms with Crippen molar-refractivity contribution in [2.75, 3.05) is 37.5 Å². The van der Waals surface area contributed by atoms with Crippen LogP contribution >= 0.6 is 92.9 Å². The zero-order valence-corrected chi connectivity index (χ0v) is 49.7. The van der Waals surface area contributed by atoms with Crippen molar-refractivity contribution in [3.05, 3.63) is 169 Å². The number of carboxylic acids is 1. The number of amides is 3. The first-order chi connectivity index (χ1) is 37.9. The van der Waals surface area contributed by atoms with Crippen LogP contribution in [0, 0.1) is 0 Å². The molecule has 0 saturated carbocycles.